The SMILES string of the molecule is CCCCN(C)C(=O)C1CCN(C(=O)CCC2CCNCC2)CC1. The minimum absolute atomic E-state index is 0.111. The summed E-state index contributed by atoms with van der Waals surface area (Å²) in [4.78, 5) is 28.7. The van der Waals surface area contributed by atoms with E-state index in [9.17, 15) is 9.59 Å². The molecule has 0 aliphatic carbocycles. The normalized spacial score (nSPS) is 20.2. The second kappa shape index (κ2) is 10.0. The van der Waals surface area contributed by atoms with E-state index in [1.807, 2.05) is 16.8 Å². The van der Waals surface area contributed by atoms with Gasteiger partial charge in [0.05, 0.1) is 0 Å². The molecule has 0 aromatic heterocycles. The lowest BCUT2D eigenvalue weighted by Gasteiger charge is -2.33. The van der Waals surface area contributed by atoms with E-state index < -0.39 is 0 Å². The van der Waals surface area contributed by atoms with Crippen molar-refractivity contribution in [2.24, 2.45) is 11.8 Å². The zero-order chi connectivity index (χ0) is 17.4. The van der Waals surface area contributed by atoms with Gasteiger partial charge in [-0.25, -0.2) is 0 Å². The van der Waals surface area contributed by atoms with Gasteiger partial charge in [-0.15, -0.1) is 0 Å². The van der Waals surface area contributed by atoms with Gasteiger partial charge in [-0.3, -0.25) is 9.59 Å². The fourth-order valence-electron chi connectivity index (χ4n) is 3.85. The number of likely N-dealkylation sites (tertiary alicyclic amines) is 1. The van der Waals surface area contributed by atoms with E-state index in [2.05, 4.69) is 12.2 Å². The average molecular weight is 338 g/mol. The highest BCUT2D eigenvalue weighted by Gasteiger charge is 2.29. The summed E-state index contributed by atoms with van der Waals surface area (Å²) in [7, 11) is 1.91. The number of piperidine rings is 2. The van der Waals surface area contributed by atoms with Gasteiger partial charge in [-0.2, -0.15) is 0 Å². The van der Waals surface area contributed by atoms with Crippen molar-refractivity contribution in [1.29, 1.82) is 0 Å². The van der Waals surface area contributed by atoms with Gasteiger partial charge in [-0.1, -0.05) is 13.3 Å². The van der Waals surface area contributed by atoms with E-state index in [0.717, 1.165) is 64.8 Å². The van der Waals surface area contributed by atoms with Crippen molar-refractivity contribution in [2.45, 2.75) is 58.3 Å². The summed E-state index contributed by atoms with van der Waals surface area (Å²) < 4.78 is 0. The number of carbonyl (C=O) groups excluding carboxylic acids is 2. The molecule has 5 nitrogen and oxygen atoms in total. The lowest BCUT2D eigenvalue weighted by molar-refractivity contribution is -0.140. The van der Waals surface area contributed by atoms with E-state index >= 15 is 0 Å². The zero-order valence-electron chi connectivity index (χ0n) is 15.6. The van der Waals surface area contributed by atoms with E-state index in [0.29, 0.717) is 18.2 Å². The summed E-state index contributed by atoms with van der Waals surface area (Å²) in [6.45, 7) is 6.69. The summed E-state index contributed by atoms with van der Waals surface area (Å²) in [5.41, 5.74) is 0. The zero-order valence-corrected chi connectivity index (χ0v) is 15.6. The smallest absolute Gasteiger partial charge is 0.225 e. The first kappa shape index (κ1) is 19.2. The first-order valence-electron chi connectivity index (χ1n) is 9.85. The largest absolute Gasteiger partial charge is 0.346 e. The molecule has 2 saturated heterocycles. The van der Waals surface area contributed by atoms with E-state index in [1.54, 1.807) is 0 Å². The van der Waals surface area contributed by atoms with Crippen LogP contribution in [0.5, 0.6) is 0 Å². The molecule has 0 aromatic rings. The third-order valence-electron chi connectivity index (χ3n) is 5.65. The molecule has 2 aliphatic rings. The molecule has 1 N–H and O–H groups in total. The van der Waals surface area contributed by atoms with Crippen molar-refractivity contribution in [1.82, 2.24) is 15.1 Å². The maximum atomic E-state index is 12.4. The number of hydrogen-bond acceptors (Lipinski definition) is 3. The first-order valence-corrected chi connectivity index (χ1v) is 9.85. The Morgan fingerprint density at radius 1 is 1.12 bits per heavy atom. The summed E-state index contributed by atoms with van der Waals surface area (Å²) in [6, 6.07) is 0. The Labute approximate surface area is 147 Å². The summed E-state index contributed by atoms with van der Waals surface area (Å²) in [5.74, 6) is 1.38. The van der Waals surface area contributed by atoms with E-state index in [-0.39, 0.29) is 11.8 Å². The number of unbranched alkanes of at least 4 members (excludes halogenated alkanes) is 1. The number of carbonyl (C=O) groups is 2. The second-order valence-corrected chi connectivity index (χ2v) is 7.50. The van der Waals surface area contributed by atoms with Crippen LogP contribution in [0.3, 0.4) is 0 Å². The molecule has 24 heavy (non-hydrogen) atoms. The van der Waals surface area contributed by atoms with Crippen LogP contribution in [-0.2, 0) is 9.59 Å². The third-order valence-corrected chi connectivity index (χ3v) is 5.65. The molecule has 0 spiro atoms. The topological polar surface area (TPSA) is 52.7 Å². The molecule has 0 saturated carbocycles. The molecule has 0 radical (unpaired) electrons. The Kier molecular flexibility index (Phi) is 8.03. The van der Waals surface area contributed by atoms with E-state index in [4.69, 9.17) is 0 Å². The molecule has 2 heterocycles. The lowest BCUT2D eigenvalue weighted by Crippen LogP contribution is -2.43. The monoisotopic (exact) mass is 337 g/mol. The highest BCUT2D eigenvalue weighted by molar-refractivity contribution is 5.80. The van der Waals surface area contributed by atoms with Gasteiger partial charge >= 0.3 is 0 Å². The van der Waals surface area contributed by atoms with Crippen molar-refractivity contribution in [3.63, 3.8) is 0 Å². The van der Waals surface area contributed by atoms with E-state index in [1.165, 1.54) is 12.8 Å². The van der Waals surface area contributed by atoms with Gasteiger partial charge in [0, 0.05) is 39.0 Å². The predicted octanol–water partition coefficient (Wildman–Crippen LogP) is 2.26. The number of rotatable bonds is 7. The van der Waals surface area contributed by atoms with Crippen LogP contribution in [0.25, 0.3) is 0 Å². The van der Waals surface area contributed by atoms with Crippen molar-refractivity contribution < 1.29 is 9.59 Å². The van der Waals surface area contributed by atoms with Crippen LogP contribution >= 0.6 is 0 Å². The fourth-order valence-corrected chi connectivity index (χ4v) is 3.85. The van der Waals surface area contributed by atoms with Crippen LogP contribution in [0.4, 0.5) is 0 Å². The van der Waals surface area contributed by atoms with Gasteiger partial charge < -0.3 is 15.1 Å². The molecule has 0 aromatic carbocycles. The summed E-state index contributed by atoms with van der Waals surface area (Å²) >= 11 is 0. The molecule has 0 unspecified atom stereocenters. The van der Waals surface area contributed by atoms with Gasteiger partial charge in [0.2, 0.25) is 11.8 Å². The van der Waals surface area contributed by atoms with Crippen LogP contribution in [-0.4, -0.2) is 61.4 Å². The van der Waals surface area contributed by atoms with Crippen LogP contribution < -0.4 is 5.32 Å². The molecule has 138 valence electrons. The minimum atomic E-state index is 0.111. The lowest BCUT2D eigenvalue weighted by atomic mass is 9.92. The number of amides is 2. The fraction of sp³-hybridized carbons (Fsp3) is 0.895. The standard InChI is InChI=1S/C19H35N3O2/c1-3-4-13-21(2)19(24)17-9-14-22(15-10-17)18(23)6-5-16-7-11-20-12-8-16/h16-17,20H,3-15H2,1-2H3. The predicted molar refractivity (Wildman–Crippen MR) is 96.7 cm³/mol. The highest BCUT2D eigenvalue weighted by Crippen LogP contribution is 2.22. The molecule has 5 heteroatoms. The molecule has 2 aliphatic heterocycles. The molecular weight excluding hydrogens is 302 g/mol. The van der Waals surface area contributed by atoms with Crippen molar-refractivity contribution >= 4 is 11.8 Å². The number of nitrogens with zero attached hydrogens (tertiary/aromatic N) is 2. The average Bonchev–Trinajstić information content (AvgIpc) is 2.64. The maximum absolute atomic E-state index is 12.4. The van der Waals surface area contributed by atoms with Gasteiger partial charge in [0.15, 0.2) is 0 Å². The third kappa shape index (κ3) is 5.76. The Morgan fingerprint density at radius 2 is 1.79 bits per heavy atom. The van der Waals surface area contributed by atoms with Crippen LogP contribution in [0.15, 0.2) is 0 Å². The molecule has 2 rings (SSSR count). The van der Waals surface area contributed by atoms with Crippen LogP contribution in [0, 0.1) is 11.8 Å². The van der Waals surface area contributed by atoms with Crippen LogP contribution in [0.2, 0.25) is 0 Å². The van der Waals surface area contributed by atoms with Gasteiger partial charge in [0.1, 0.15) is 0 Å². The Balaban J connectivity index is 1.67. The molecule has 0 bridgehead atoms. The Morgan fingerprint density at radius 3 is 2.42 bits per heavy atom. The van der Waals surface area contributed by atoms with Crippen molar-refractivity contribution in [3.8, 4) is 0 Å². The summed E-state index contributed by atoms with van der Waals surface area (Å²) in [5, 5.41) is 3.37. The summed E-state index contributed by atoms with van der Waals surface area (Å²) in [6.07, 6.45) is 7.95. The second-order valence-electron chi connectivity index (χ2n) is 7.50. The number of nitrogens with one attached hydrogen (secondary N) is 1. The quantitative estimate of drug-likeness (QED) is 0.775. The molecule has 2 amide bonds. The number of hydrogen-bond donors (Lipinski definition) is 1. The Hall–Kier alpha value is -1.10. The first-order chi connectivity index (χ1) is 11.6. The molecule has 2 fully saturated rings. The van der Waals surface area contributed by atoms with Gasteiger partial charge in [-0.05, 0) is 57.5 Å². The van der Waals surface area contributed by atoms with Crippen molar-refractivity contribution in [3.05, 3.63) is 0 Å². The molecule has 0 atom stereocenters. The molecular formula is C19H35N3O2. The maximum Gasteiger partial charge on any atom is 0.225 e. The Bertz CT molecular complexity index is 399. The van der Waals surface area contributed by atoms with Crippen molar-refractivity contribution in [2.75, 3.05) is 39.8 Å². The van der Waals surface area contributed by atoms with Gasteiger partial charge in [0.25, 0.3) is 0 Å². The van der Waals surface area contributed by atoms with Crippen LogP contribution in [0.1, 0.15) is 58.3 Å². The highest BCUT2D eigenvalue weighted by atomic mass is 16.2. The minimum Gasteiger partial charge on any atom is -0.346 e.